The van der Waals surface area contributed by atoms with Crippen LogP contribution in [0.1, 0.15) is 233 Å². The molecule has 78 heavy (non-hydrogen) atoms. The Labute approximate surface area is 474 Å². The van der Waals surface area contributed by atoms with Gasteiger partial charge in [0.25, 0.3) is 6.71 Å². The van der Waals surface area contributed by atoms with Crippen LogP contribution in [0, 0.1) is 0 Å². The highest BCUT2D eigenvalue weighted by Gasteiger charge is 2.49. The van der Waals surface area contributed by atoms with Gasteiger partial charge in [-0.15, -0.1) is 11.3 Å². The number of fused-ring (bicyclic) bond motifs is 10. The van der Waals surface area contributed by atoms with E-state index in [-0.39, 0.29) is 55.4 Å². The van der Waals surface area contributed by atoms with E-state index in [9.17, 15) is 0 Å². The number of nitrogens with zero attached hydrogens (tertiary/aromatic N) is 2. The van der Waals surface area contributed by atoms with Crippen molar-refractivity contribution in [3.63, 3.8) is 0 Å². The molecule has 0 spiro atoms. The molecule has 0 saturated carbocycles. The monoisotopic (exact) mass is 1050 g/mol. The molecule has 2 aliphatic heterocycles. The molecule has 1 aromatic heterocycles. The molecule has 0 atom stereocenters. The second kappa shape index (κ2) is 16.3. The molecular formula is C74H89BN2S. The summed E-state index contributed by atoms with van der Waals surface area (Å²) in [7, 11) is 0. The third-order valence-electron chi connectivity index (χ3n) is 21.9. The zero-order valence-electron chi connectivity index (χ0n) is 51.3. The lowest BCUT2D eigenvalue weighted by Gasteiger charge is -2.46. The van der Waals surface area contributed by atoms with Crippen LogP contribution in [-0.4, -0.2) is 6.71 Å². The lowest BCUT2D eigenvalue weighted by atomic mass is 9.33. The Bertz CT molecular complexity index is 3710. The van der Waals surface area contributed by atoms with Crippen molar-refractivity contribution in [1.29, 1.82) is 0 Å². The lowest BCUT2D eigenvalue weighted by molar-refractivity contribution is 0.332. The Balaban J connectivity index is 1.19. The first-order valence-corrected chi connectivity index (χ1v) is 31.0. The van der Waals surface area contributed by atoms with Crippen molar-refractivity contribution >= 4 is 78.0 Å². The van der Waals surface area contributed by atoms with Gasteiger partial charge in [0.15, 0.2) is 0 Å². The van der Waals surface area contributed by atoms with Crippen LogP contribution in [0.25, 0.3) is 21.2 Å². The summed E-state index contributed by atoms with van der Waals surface area (Å²) in [5.74, 6) is 0. The zero-order chi connectivity index (χ0) is 55.6. The van der Waals surface area contributed by atoms with Gasteiger partial charge in [0.05, 0.1) is 5.00 Å². The summed E-state index contributed by atoms with van der Waals surface area (Å²) in [6, 6.07) is 41.2. The molecule has 0 bridgehead atoms. The minimum Gasteiger partial charge on any atom is -0.311 e. The molecular weight excluding hydrogens is 960 g/mol. The highest BCUT2D eigenvalue weighted by molar-refractivity contribution is 7.26. The molecule has 0 amide bonds. The predicted octanol–water partition coefficient (Wildman–Crippen LogP) is 19.3. The summed E-state index contributed by atoms with van der Waals surface area (Å²) in [6.07, 6.45) is 9.53. The number of hydrogen-bond donors (Lipinski definition) is 0. The fourth-order valence-corrected chi connectivity index (χ4v) is 17.2. The van der Waals surface area contributed by atoms with Gasteiger partial charge in [-0.3, -0.25) is 0 Å². The number of anilines is 6. The van der Waals surface area contributed by atoms with Crippen LogP contribution in [-0.2, 0) is 48.7 Å². The number of thiophene rings is 1. The first kappa shape index (κ1) is 52.3. The van der Waals surface area contributed by atoms with Crippen LogP contribution in [0.4, 0.5) is 33.4 Å². The molecule has 6 aliphatic rings. The maximum absolute atomic E-state index is 2.78. The molecule has 0 saturated heterocycles. The van der Waals surface area contributed by atoms with Crippen LogP contribution < -0.4 is 26.2 Å². The Kier molecular flexibility index (Phi) is 11.0. The first-order chi connectivity index (χ1) is 36.2. The third-order valence-corrected chi connectivity index (χ3v) is 23.1. The first-order valence-electron chi connectivity index (χ1n) is 30.2. The Morgan fingerprint density at radius 3 is 1.27 bits per heavy atom. The Morgan fingerprint density at radius 1 is 0.372 bits per heavy atom. The van der Waals surface area contributed by atoms with Crippen LogP contribution in [0.3, 0.4) is 0 Å². The second-order valence-electron chi connectivity index (χ2n) is 32.1. The molecule has 13 rings (SSSR count). The van der Waals surface area contributed by atoms with E-state index in [1.54, 1.807) is 0 Å². The molecule has 0 radical (unpaired) electrons. The smallest absolute Gasteiger partial charge is 0.254 e. The van der Waals surface area contributed by atoms with E-state index < -0.39 is 0 Å². The largest absolute Gasteiger partial charge is 0.311 e. The summed E-state index contributed by atoms with van der Waals surface area (Å²) in [4.78, 5) is 5.51. The van der Waals surface area contributed by atoms with E-state index >= 15 is 0 Å². The van der Waals surface area contributed by atoms with Crippen LogP contribution in [0.15, 0.2) is 97.1 Å². The molecule has 0 fully saturated rings. The minimum atomic E-state index is -0.0400. The molecule has 6 aromatic carbocycles. The average molecular weight is 1050 g/mol. The maximum atomic E-state index is 2.78. The van der Waals surface area contributed by atoms with E-state index in [1.165, 1.54) is 172 Å². The standard InChI is InChI=1S/C74H89BN2S/c1-66(2,3)46-21-27-59-58(39-46)75-63-49-42-56-57(74(18,19)35-34-73(56,16)17)43-62(49)78-65(63)77(48-23-26-52-55(41-48)72(14,15)33-30-69(52,8)9)61-38-45(44-20-24-50-53(36-44)70(10,11)31-28-67(50,4)5)37-60(64(61)75)76(59)47-22-25-51-54(40-47)71(12,13)32-29-68(51,6)7/h20-27,36-43H,28-35H2,1-19H3. The topological polar surface area (TPSA) is 6.48 Å². The highest BCUT2D eigenvalue weighted by Crippen LogP contribution is 2.56. The van der Waals surface area contributed by atoms with Crippen molar-refractivity contribution in [3.05, 3.63) is 147 Å². The van der Waals surface area contributed by atoms with Crippen molar-refractivity contribution in [2.45, 2.75) is 232 Å². The van der Waals surface area contributed by atoms with E-state index in [4.69, 9.17) is 0 Å². The van der Waals surface area contributed by atoms with Crippen molar-refractivity contribution in [2.75, 3.05) is 9.80 Å². The van der Waals surface area contributed by atoms with E-state index in [2.05, 4.69) is 250 Å². The van der Waals surface area contributed by atoms with Gasteiger partial charge in [-0.2, -0.15) is 0 Å². The average Bonchev–Trinajstić information content (AvgIpc) is 2.91. The van der Waals surface area contributed by atoms with Crippen LogP contribution in [0.5, 0.6) is 0 Å². The molecule has 0 unspecified atom stereocenters. The van der Waals surface area contributed by atoms with E-state index in [0.29, 0.717) is 0 Å². The van der Waals surface area contributed by atoms with E-state index in [0.717, 1.165) is 0 Å². The summed E-state index contributed by atoms with van der Waals surface area (Å²) in [6.45, 7) is 47.0. The van der Waals surface area contributed by atoms with Crippen LogP contribution in [0.2, 0.25) is 0 Å². The fourth-order valence-electron chi connectivity index (χ4n) is 15.9. The van der Waals surface area contributed by atoms with Crippen molar-refractivity contribution in [2.24, 2.45) is 0 Å². The quantitative estimate of drug-likeness (QED) is 0.163. The van der Waals surface area contributed by atoms with E-state index in [1.807, 2.05) is 0 Å². The Morgan fingerprint density at radius 2 is 0.782 bits per heavy atom. The SMILES string of the molecule is CC(C)(C)c1ccc2c(c1)B1c3c(cc(-c4ccc5c(c4)C(C)(C)CCC5(C)C)cc3N(c3ccc4c(c3)C(C)(C)CCC4(C)C)c3sc4cc5c(cc4c31)C(C)(C)CCC5(C)C)N2c1ccc2c(c1)C(C)(C)CCC2(C)C. The minimum absolute atomic E-state index is 0.0135. The third kappa shape index (κ3) is 7.65. The predicted molar refractivity (Wildman–Crippen MR) is 341 cm³/mol. The second-order valence-corrected chi connectivity index (χ2v) is 33.1. The summed E-state index contributed by atoms with van der Waals surface area (Å²) >= 11 is 2.05. The number of rotatable bonds is 3. The van der Waals surface area contributed by atoms with Gasteiger partial charge in [0.2, 0.25) is 0 Å². The van der Waals surface area contributed by atoms with Crippen LogP contribution >= 0.6 is 11.3 Å². The lowest BCUT2D eigenvalue weighted by Crippen LogP contribution is -2.61. The molecule has 2 nitrogen and oxygen atoms in total. The summed E-state index contributed by atoms with van der Waals surface area (Å²) < 4.78 is 1.42. The molecule has 3 heterocycles. The summed E-state index contributed by atoms with van der Waals surface area (Å²) in [5, 5.41) is 2.82. The van der Waals surface area contributed by atoms with Crippen molar-refractivity contribution in [3.8, 4) is 11.1 Å². The normalized spacial score (nSPS) is 21.9. The molecule has 4 aliphatic carbocycles. The van der Waals surface area contributed by atoms with Gasteiger partial charge < -0.3 is 9.80 Å². The van der Waals surface area contributed by atoms with Crippen molar-refractivity contribution < 1.29 is 0 Å². The number of benzene rings is 6. The fraction of sp³-hybridized carbons (Fsp3) is 0.486. The summed E-state index contributed by atoms with van der Waals surface area (Å²) in [5.41, 5.74) is 27.6. The van der Waals surface area contributed by atoms with Crippen molar-refractivity contribution in [1.82, 2.24) is 0 Å². The van der Waals surface area contributed by atoms with Gasteiger partial charge in [-0.25, -0.2) is 0 Å². The van der Waals surface area contributed by atoms with Gasteiger partial charge in [0.1, 0.15) is 0 Å². The van der Waals surface area contributed by atoms with Gasteiger partial charge in [-0.05, 0) is 238 Å². The Hall–Kier alpha value is -5.06. The van der Waals surface area contributed by atoms with Gasteiger partial charge >= 0.3 is 0 Å². The highest BCUT2D eigenvalue weighted by atomic mass is 32.1. The molecule has 404 valence electrons. The molecule has 7 aromatic rings. The van der Waals surface area contributed by atoms with Gasteiger partial charge in [-0.1, -0.05) is 174 Å². The molecule has 4 heteroatoms. The van der Waals surface area contributed by atoms with Gasteiger partial charge in [0, 0.05) is 33.1 Å². The maximum Gasteiger partial charge on any atom is 0.254 e. The molecule has 0 N–H and O–H groups in total. The number of hydrogen-bond acceptors (Lipinski definition) is 3. The zero-order valence-corrected chi connectivity index (χ0v) is 52.1.